The van der Waals surface area contributed by atoms with Crippen LogP contribution in [-0.2, 0) is 0 Å². The molecular formula is C32H38O4. The van der Waals surface area contributed by atoms with Crippen LogP contribution in [0.1, 0.15) is 98.3 Å². The van der Waals surface area contributed by atoms with Crippen LogP contribution in [0, 0.1) is 13.8 Å². The van der Waals surface area contributed by atoms with Crippen LogP contribution in [0.3, 0.4) is 0 Å². The first kappa shape index (κ1) is 24.5. The fraction of sp³-hybridized carbons (Fsp3) is 0.438. The number of aryl methyl sites for hydroxylation is 2. The van der Waals surface area contributed by atoms with Crippen LogP contribution in [0.5, 0.6) is 23.0 Å². The van der Waals surface area contributed by atoms with Crippen molar-refractivity contribution in [3.63, 3.8) is 0 Å². The van der Waals surface area contributed by atoms with Gasteiger partial charge >= 0.3 is 0 Å². The van der Waals surface area contributed by atoms with Crippen molar-refractivity contribution in [2.24, 2.45) is 0 Å². The molecule has 2 fully saturated rings. The third kappa shape index (κ3) is 4.54. The van der Waals surface area contributed by atoms with Crippen LogP contribution >= 0.6 is 0 Å². The molecule has 3 aromatic rings. The van der Waals surface area contributed by atoms with Gasteiger partial charge in [0.15, 0.2) is 11.5 Å². The highest BCUT2D eigenvalue weighted by Gasteiger charge is 2.25. The Kier molecular flexibility index (Phi) is 6.87. The molecule has 2 aliphatic carbocycles. The minimum absolute atomic E-state index is 0.150. The highest BCUT2D eigenvalue weighted by molar-refractivity contribution is 5.92. The van der Waals surface area contributed by atoms with Crippen molar-refractivity contribution in [1.82, 2.24) is 0 Å². The molecule has 3 aromatic carbocycles. The van der Waals surface area contributed by atoms with E-state index in [0.29, 0.717) is 28.9 Å². The van der Waals surface area contributed by atoms with Crippen LogP contribution in [-0.4, -0.2) is 20.4 Å². The predicted molar refractivity (Wildman–Crippen MR) is 145 cm³/mol. The van der Waals surface area contributed by atoms with Crippen LogP contribution in [0.15, 0.2) is 36.4 Å². The van der Waals surface area contributed by atoms with E-state index in [4.69, 9.17) is 0 Å². The van der Waals surface area contributed by atoms with Gasteiger partial charge in [0.2, 0.25) is 0 Å². The second kappa shape index (κ2) is 10.1. The predicted octanol–water partition coefficient (Wildman–Crippen LogP) is 8.56. The van der Waals surface area contributed by atoms with E-state index in [1.54, 1.807) is 12.1 Å². The zero-order chi connectivity index (χ0) is 25.4. The van der Waals surface area contributed by atoms with Crippen molar-refractivity contribution < 1.29 is 20.4 Å². The van der Waals surface area contributed by atoms with Gasteiger partial charge in [0, 0.05) is 5.56 Å². The first-order chi connectivity index (χ1) is 17.3. The summed E-state index contributed by atoms with van der Waals surface area (Å²) in [5, 5.41) is 43.4. The maximum Gasteiger partial charge on any atom is 0.166 e. The highest BCUT2D eigenvalue weighted by Crippen LogP contribution is 2.49. The maximum atomic E-state index is 11.2. The lowest BCUT2D eigenvalue weighted by Gasteiger charge is -2.26. The number of benzene rings is 3. The Hall–Kier alpha value is -3.14. The van der Waals surface area contributed by atoms with E-state index in [0.717, 1.165) is 77.5 Å². The van der Waals surface area contributed by atoms with Gasteiger partial charge in [-0.15, -0.1) is 0 Å². The van der Waals surface area contributed by atoms with Crippen molar-refractivity contribution in [3.8, 4) is 45.3 Å². The molecule has 0 saturated heterocycles. The van der Waals surface area contributed by atoms with Crippen LogP contribution in [0.2, 0.25) is 0 Å². The monoisotopic (exact) mass is 486 g/mol. The van der Waals surface area contributed by atoms with Gasteiger partial charge < -0.3 is 20.4 Å². The summed E-state index contributed by atoms with van der Waals surface area (Å²) >= 11 is 0. The van der Waals surface area contributed by atoms with Gasteiger partial charge in [-0.3, -0.25) is 0 Å². The minimum Gasteiger partial charge on any atom is -0.508 e. The molecule has 4 N–H and O–H groups in total. The Bertz CT molecular complexity index is 1260. The molecule has 0 aromatic heterocycles. The van der Waals surface area contributed by atoms with Crippen molar-refractivity contribution in [2.75, 3.05) is 0 Å². The van der Waals surface area contributed by atoms with Crippen LogP contribution < -0.4 is 0 Å². The van der Waals surface area contributed by atoms with E-state index in [-0.39, 0.29) is 11.5 Å². The third-order valence-electron chi connectivity index (χ3n) is 8.55. The Morgan fingerprint density at radius 1 is 0.528 bits per heavy atom. The molecule has 0 radical (unpaired) electrons. The second-order valence-electron chi connectivity index (χ2n) is 11.0. The Morgan fingerprint density at radius 2 is 1.00 bits per heavy atom. The van der Waals surface area contributed by atoms with E-state index in [1.807, 2.05) is 32.0 Å². The molecule has 0 bridgehead atoms. The number of aromatic hydroxyl groups is 4. The molecule has 0 unspecified atom stereocenters. The largest absolute Gasteiger partial charge is 0.508 e. The molecule has 2 saturated carbocycles. The summed E-state index contributed by atoms with van der Waals surface area (Å²) in [4.78, 5) is 0. The second-order valence-corrected chi connectivity index (χ2v) is 11.0. The highest BCUT2D eigenvalue weighted by atomic mass is 16.3. The van der Waals surface area contributed by atoms with Gasteiger partial charge in [-0.2, -0.15) is 0 Å². The quantitative estimate of drug-likeness (QED) is 0.278. The summed E-state index contributed by atoms with van der Waals surface area (Å²) in [6.07, 6.45) is 11.4. The van der Waals surface area contributed by atoms with Crippen LogP contribution in [0.25, 0.3) is 22.3 Å². The number of hydrogen-bond acceptors (Lipinski definition) is 4. The molecule has 0 aliphatic heterocycles. The summed E-state index contributed by atoms with van der Waals surface area (Å²) in [5.74, 6) is 0.972. The molecule has 4 heteroatoms. The topological polar surface area (TPSA) is 80.9 Å². The van der Waals surface area contributed by atoms with E-state index in [2.05, 4.69) is 6.07 Å². The van der Waals surface area contributed by atoms with Gasteiger partial charge in [-0.05, 0) is 127 Å². The zero-order valence-corrected chi connectivity index (χ0v) is 21.5. The Morgan fingerprint density at radius 3 is 1.53 bits per heavy atom. The standard InChI is InChI=1S/C32H38O4/c1-19-15-29(34)26(21-9-5-3-6-10-21)17-24(19)23-13-14-28(33)32(36)31(23)25-18-27(30(35)16-20(25)2)22-11-7-4-8-12-22/h13-18,21-22,33-36H,3-12H2,1-2H3. The van der Waals surface area contributed by atoms with E-state index >= 15 is 0 Å². The SMILES string of the molecule is Cc1cc(O)c(C2CCCCC2)cc1-c1ccc(O)c(O)c1-c1cc(C2CCCCC2)c(O)cc1C. The molecule has 2 aliphatic rings. The maximum absolute atomic E-state index is 11.2. The van der Waals surface area contributed by atoms with Gasteiger partial charge in [-0.1, -0.05) is 38.5 Å². The Labute approximate surface area is 214 Å². The summed E-state index contributed by atoms with van der Waals surface area (Å²) in [6.45, 7) is 3.91. The van der Waals surface area contributed by atoms with Crippen LogP contribution in [0.4, 0.5) is 0 Å². The van der Waals surface area contributed by atoms with Crippen molar-refractivity contribution in [2.45, 2.75) is 89.9 Å². The fourth-order valence-electron chi connectivity index (χ4n) is 6.54. The molecule has 0 spiro atoms. The molecule has 0 atom stereocenters. The molecular weight excluding hydrogens is 448 g/mol. The first-order valence-corrected chi connectivity index (χ1v) is 13.6. The van der Waals surface area contributed by atoms with Gasteiger partial charge in [0.1, 0.15) is 11.5 Å². The van der Waals surface area contributed by atoms with Crippen molar-refractivity contribution >= 4 is 0 Å². The summed E-state index contributed by atoms with van der Waals surface area (Å²) in [7, 11) is 0. The lowest BCUT2D eigenvalue weighted by atomic mass is 9.80. The van der Waals surface area contributed by atoms with Gasteiger partial charge in [0.05, 0.1) is 0 Å². The Balaban J connectivity index is 1.69. The average Bonchev–Trinajstić information content (AvgIpc) is 2.87. The number of rotatable bonds is 4. The lowest BCUT2D eigenvalue weighted by Crippen LogP contribution is -2.06. The molecule has 0 heterocycles. The van der Waals surface area contributed by atoms with E-state index < -0.39 is 0 Å². The minimum atomic E-state index is -0.163. The van der Waals surface area contributed by atoms with Gasteiger partial charge in [0.25, 0.3) is 0 Å². The number of hydrogen-bond donors (Lipinski definition) is 4. The molecule has 5 rings (SSSR count). The molecule has 4 nitrogen and oxygen atoms in total. The third-order valence-corrected chi connectivity index (χ3v) is 8.55. The first-order valence-electron chi connectivity index (χ1n) is 13.6. The molecule has 190 valence electrons. The number of phenols is 4. The molecule has 0 amide bonds. The summed E-state index contributed by atoms with van der Waals surface area (Å²) in [6, 6.07) is 11.2. The van der Waals surface area contributed by atoms with E-state index in [9.17, 15) is 20.4 Å². The van der Waals surface area contributed by atoms with Gasteiger partial charge in [-0.25, -0.2) is 0 Å². The lowest BCUT2D eigenvalue weighted by molar-refractivity contribution is 0.405. The summed E-state index contributed by atoms with van der Waals surface area (Å²) in [5.41, 5.74) is 6.83. The summed E-state index contributed by atoms with van der Waals surface area (Å²) < 4.78 is 0. The fourth-order valence-corrected chi connectivity index (χ4v) is 6.54. The molecule has 36 heavy (non-hydrogen) atoms. The smallest absolute Gasteiger partial charge is 0.166 e. The van der Waals surface area contributed by atoms with E-state index in [1.165, 1.54) is 25.7 Å². The number of phenolic OH excluding ortho intramolecular Hbond substituents is 4. The van der Waals surface area contributed by atoms with Crippen molar-refractivity contribution in [1.29, 1.82) is 0 Å². The normalized spacial score (nSPS) is 17.4. The average molecular weight is 487 g/mol. The zero-order valence-electron chi connectivity index (χ0n) is 21.5. The van der Waals surface area contributed by atoms with Crippen molar-refractivity contribution in [3.05, 3.63) is 58.7 Å².